The Morgan fingerprint density at radius 3 is 2.84 bits per heavy atom. The maximum atomic E-state index is 13.9. The van der Waals surface area contributed by atoms with Crippen molar-refractivity contribution in [2.75, 3.05) is 13.1 Å². The molecule has 4 rings (SSSR count). The Morgan fingerprint density at radius 1 is 1.35 bits per heavy atom. The van der Waals surface area contributed by atoms with Crippen molar-refractivity contribution in [3.05, 3.63) is 35.7 Å². The van der Waals surface area contributed by atoms with Gasteiger partial charge in [0.2, 0.25) is 5.91 Å². The minimum absolute atomic E-state index is 0.0794. The van der Waals surface area contributed by atoms with Gasteiger partial charge in [-0.25, -0.2) is 9.97 Å². The number of carbonyl (C=O) groups excluding carboxylic acids is 1. The second-order valence-corrected chi connectivity index (χ2v) is 8.08. The van der Waals surface area contributed by atoms with Crippen LogP contribution in [-0.2, 0) is 17.5 Å². The standard InChI is InChI=1S/C20H23F3N6O2/c1-12(2)15-8-14(20(21,22)23)17-18(27-31-19(17)26-15)13-4-3-6-28(9-13)16(30)5-7-29-11-24-10-25-29/h8,10-13H,3-7,9H2,1-2H3. The van der Waals surface area contributed by atoms with Gasteiger partial charge < -0.3 is 9.42 Å². The summed E-state index contributed by atoms with van der Waals surface area (Å²) in [6, 6.07) is 1.08. The molecule has 11 heteroatoms. The van der Waals surface area contributed by atoms with Gasteiger partial charge in [0.1, 0.15) is 12.7 Å². The Labute approximate surface area is 176 Å². The summed E-state index contributed by atoms with van der Waals surface area (Å²) in [6.07, 6.45) is -0.0977. The topological polar surface area (TPSA) is 89.9 Å². The summed E-state index contributed by atoms with van der Waals surface area (Å²) in [4.78, 5) is 22.4. The van der Waals surface area contributed by atoms with E-state index in [-0.39, 0.29) is 41.0 Å². The maximum absolute atomic E-state index is 13.9. The highest BCUT2D eigenvalue weighted by molar-refractivity contribution is 5.82. The van der Waals surface area contributed by atoms with E-state index in [1.165, 1.54) is 12.7 Å². The van der Waals surface area contributed by atoms with Crippen LogP contribution in [0.3, 0.4) is 0 Å². The number of fused-ring (bicyclic) bond motifs is 1. The highest BCUT2D eigenvalue weighted by atomic mass is 19.4. The molecule has 1 saturated heterocycles. The number of likely N-dealkylation sites (tertiary alicyclic amines) is 1. The predicted octanol–water partition coefficient (Wildman–Crippen LogP) is 3.75. The van der Waals surface area contributed by atoms with Gasteiger partial charge in [0.25, 0.3) is 5.71 Å². The number of carbonyl (C=O) groups is 1. The van der Waals surface area contributed by atoms with E-state index in [9.17, 15) is 18.0 Å². The fraction of sp³-hybridized carbons (Fsp3) is 0.550. The van der Waals surface area contributed by atoms with Crippen LogP contribution in [0, 0.1) is 0 Å². The molecule has 4 heterocycles. The third kappa shape index (κ3) is 4.40. The fourth-order valence-corrected chi connectivity index (χ4v) is 3.93. The van der Waals surface area contributed by atoms with Gasteiger partial charge in [-0.1, -0.05) is 19.0 Å². The number of rotatable bonds is 5. The van der Waals surface area contributed by atoms with Gasteiger partial charge in [0.05, 0.1) is 23.2 Å². The third-order valence-corrected chi connectivity index (χ3v) is 5.57. The first-order chi connectivity index (χ1) is 14.7. The second-order valence-electron chi connectivity index (χ2n) is 8.08. The van der Waals surface area contributed by atoms with E-state index in [0.29, 0.717) is 38.2 Å². The molecule has 0 saturated carbocycles. The zero-order chi connectivity index (χ0) is 22.2. The molecule has 0 bridgehead atoms. The molecule has 0 spiro atoms. The lowest BCUT2D eigenvalue weighted by Gasteiger charge is -2.32. The van der Waals surface area contributed by atoms with Gasteiger partial charge in [-0.3, -0.25) is 9.48 Å². The predicted molar refractivity (Wildman–Crippen MR) is 104 cm³/mol. The fourth-order valence-electron chi connectivity index (χ4n) is 3.93. The highest BCUT2D eigenvalue weighted by Crippen LogP contribution is 2.40. The van der Waals surface area contributed by atoms with Crippen LogP contribution < -0.4 is 0 Å². The van der Waals surface area contributed by atoms with Crippen LogP contribution in [0.5, 0.6) is 0 Å². The van der Waals surface area contributed by atoms with Crippen LogP contribution in [0.2, 0.25) is 0 Å². The lowest BCUT2D eigenvalue weighted by molar-refractivity contribution is -0.136. The molecule has 31 heavy (non-hydrogen) atoms. The average molecular weight is 436 g/mol. The molecule has 0 aliphatic carbocycles. The van der Waals surface area contributed by atoms with Gasteiger partial charge in [0.15, 0.2) is 0 Å². The molecule has 0 N–H and O–H groups in total. The van der Waals surface area contributed by atoms with E-state index in [4.69, 9.17) is 4.52 Å². The van der Waals surface area contributed by atoms with Crippen molar-refractivity contribution in [3.8, 4) is 0 Å². The molecule has 1 amide bonds. The number of hydrogen-bond acceptors (Lipinski definition) is 6. The van der Waals surface area contributed by atoms with Crippen molar-refractivity contribution in [3.63, 3.8) is 0 Å². The van der Waals surface area contributed by atoms with Gasteiger partial charge >= 0.3 is 6.18 Å². The monoisotopic (exact) mass is 436 g/mol. The molecule has 8 nitrogen and oxygen atoms in total. The highest BCUT2D eigenvalue weighted by Gasteiger charge is 2.38. The maximum Gasteiger partial charge on any atom is 0.417 e. The lowest BCUT2D eigenvalue weighted by Crippen LogP contribution is -2.39. The molecule has 1 atom stereocenters. The van der Waals surface area contributed by atoms with Crippen molar-refractivity contribution >= 4 is 17.0 Å². The normalized spacial score (nSPS) is 17.6. The number of amides is 1. The Kier molecular flexibility index (Phi) is 5.67. The summed E-state index contributed by atoms with van der Waals surface area (Å²) < 4.78 is 48.4. The van der Waals surface area contributed by atoms with Crippen LogP contribution in [0.25, 0.3) is 11.1 Å². The minimum Gasteiger partial charge on any atom is -0.342 e. The van der Waals surface area contributed by atoms with Crippen molar-refractivity contribution in [2.24, 2.45) is 0 Å². The Morgan fingerprint density at radius 2 is 2.16 bits per heavy atom. The number of hydrogen-bond donors (Lipinski definition) is 0. The van der Waals surface area contributed by atoms with Gasteiger partial charge in [0, 0.05) is 31.1 Å². The molecule has 1 unspecified atom stereocenters. The number of aromatic nitrogens is 5. The van der Waals surface area contributed by atoms with Gasteiger partial charge in [-0.05, 0) is 24.8 Å². The van der Waals surface area contributed by atoms with E-state index >= 15 is 0 Å². The van der Waals surface area contributed by atoms with Crippen molar-refractivity contribution in [1.29, 1.82) is 0 Å². The molecule has 1 fully saturated rings. The summed E-state index contributed by atoms with van der Waals surface area (Å²) in [6.45, 7) is 4.80. The van der Waals surface area contributed by atoms with Gasteiger partial charge in [-0.15, -0.1) is 0 Å². The molecule has 166 valence electrons. The van der Waals surface area contributed by atoms with Crippen molar-refractivity contribution < 1.29 is 22.5 Å². The summed E-state index contributed by atoms with van der Waals surface area (Å²) >= 11 is 0. The molecule has 3 aromatic heterocycles. The summed E-state index contributed by atoms with van der Waals surface area (Å²) in [5.74, 6) is -0.616. The summed E-state index contributed by atoms with van der Waals surface area (Å²) in [7, 11) is 0. The van der Waals surface area contributed by atoms with Crippen LogP contribution in [0.15, 0.2) is 23.2 Å². The number of halogens is 3. The third-order valence-electron chi connectivity index (χ3n) is 5.57. The molecule has 3 aromatic rings. The van der Waals surface area contributed by atoms with Crippen molar-refractivity contribution in [1.82, 2.24) is 29.8 Å². The summed E-state index contributed by atoms with van der Waals surface area (Å²) in [5.41, 5.74) is -0.370. The molecule has 1 aliphatic rings. The first kappa shape index (κ1) is 21.3. The summed E-state index contributed by atoms with van der Waals surface area (Å²) in [5, 5.41) is 7.85. The Balaban J connectivity index is 1.60. The van der Waals surface area contributed by atoms with E-state index in [0.717, 1.165) is 6.07 Å². The van der Waals surface area contributed by atoms with E-state index < -0.39 is 11.7 Å². The van der Waals surface area contributed by atoms with Crippen LogP contribution >= 0.6 is 0 Å². The van der Waals surface area contributed by atoms with Crippen LogP contribution in [0.1, 0.15) is 61.9 Å². The molecular formula is C20H23F3N6O2. The van der Waals surface area contributed by atoms with E-state index in [1.807, 2.05) is 0 Å². The first-order valence-corrected chi connectivity index (χ1v) is 10.2. The molecule has 0 aromatic carbocycles. The largest absolute Gasteiger partial charge is 0.417 e. The van der Waals surface area contributed by atoms with Crippen LogP contribution in [-0.4, -0.2) is 48.8 Å². The number of pyridine rings is 1. The van der Waals surface area contributed by atoms with Gasteiger partial charge in [-0.2, -0.15) is 18.3 Å². The number of aryl methyl sites for hydroxylation is 1. The second kappa shape index (κ2) is 8.27. The molecule has 0 radical (unpaired) electrons. The van der Waals surface area contributed by atoms with Crippen LogP contribution in [0.4, 0.5) is 13.2 Å². The lowest BCUT2D eigenvalue weighted by atomic mass is 9.91. The van der Waals surface area contributed by atoms with Crippen molar-refractivity contribution in [2.45, 2.75) is 57.7 Å². The molecule has 1 aliphatic heterocycles. The first-order valence-electron chi connectivity index (χ1n) is 10.2. The number of piperidine rings is 1. The zero-order valence-corrected chi connectivity index (χ0v) is 17.3. The number of nitrogens with zero attached hydrogens (tertiary/aromatic N) is 6. The van der Waals surface area contributed by atoms with E-state index in [2.05, 4.69) is 20.2 Å². The van der Waals surface area contributed by atoms with E-state index in [1.54, 1.807) is 23.4 Å². The number of alkyl halides is 3. The Hall–Kier alpha value is -2.98. The Bertz CT molecular complexity index is 1060. The zero-order valence-electron chi connectivity index (χ0n) is 17.3. The molecular weight excluding hydrogens is 413 g/mol. The quantitative estimate of drug-likeness (QED) is 0.605. The smallest absolute Gasteiger partial charge is 0.342 e. The minimum atomic E-state index is -4.56. The SMILES string of the molecule is CC(C)c1cc(C(F)(F)F)c2c(C3CCCN(C(=O)CCn4cncn4)C3)noc2n1. The average Bonchev–Trinajstić information content (AvgIpc) is 3.40.